The van der Waals surface area contributed by atoms with Gasteiger partial charge in [-0.05, 0) is 12.8 Å². The number of ether oxygens (including phenoxy) is 4. The molecule has 0 saturated carbocycles. The first-order valence-corrected chi connectivity index (χ1v) is 16.6. The van der Waals surface area contributed by atoms with Crippen molar-refractivity contribution in [3.63, 3.8) is 0 Å². The van der Waals surface area contributed by atoms with E-state index in [4.69, 9.17) is 18.9 Å². The van der Waals surface area contributed by atoms with E-state index in [0.29, 0.717) is 6.42 Å². The Morgan fingerprint density at radius 3 is 1.62 bits per heavy atom. The molecule has 0 radical (unpaired) electrons. The number of hydrogen-bond acceptors (Lipinski definition) is 10. The maximum atomic E-state index is 12.6. The van der Waals surface area contributed by atoms with Crippen LogP contribution in [0.4, 0.5) is 0 Å². The van der Waals surface area contributed by atoms with Gasteiger partial charge in [-0.1, -0.05) is 110 Å². The standard InChI is InChI=1S/C32H60O10/c1-3-5-7-9-10-11-12-13-14-15-17-19-21-28(35)41-25(23-39-27(34)20-18-16-8-6-4-2)24-40-32-31(38)30(37)29(36)26(22-33)42-32/h25-26,29-33,36-38H,3-24H2,1-2H3/t25-,26-,29+,30+,31-,32-/m1/s1. The molecule has 0 aliphatic carbocycles. The van der Waals surface area contributed by atoms with E-state index < -0.39 is 49.4 Å². The lowest BCUT2D eigenvalue weighted by molar-refractivity contribution is -0.305. The second-order valence-electron chi connectivity index (χ2n) is 11.6. The first kappa shape index (κ1) is 38.7. The van der Waals surface area contributed by atoms with Gasteiger partial charge >= 0.3 is 11.9 Å². The van der Waals surface area contributed by atoms with Crippen molar-refractivity contribution in [3.05, 3.63) is 0 Å². The third kappa shape index (κ3) is 17.7. The summed E-state index contributed by atoms with van der Waals surface area (Å²) in [7, 11) is 0. The number of rotatable bonds is 26. The number of esters is 2. The predicted octanol–water partition coefficient (Wildman–Crippen LogP) is 4.71. The van der Waals surface area contributed by atoms with Gasteiger partial charge in [0.1, 0.15) is 31.0 Å². The summed E-state index contributed by atoms with van der Waals surface area (Å²) in [6.07, 6.45) is 11.7. The zero-order valence-electron chi connectivity index (χ0n) is 26.3. The minimum atomic E-state index is -1.58. The summed E-state index contributed by atoms with van der Waals surface area (Å²) < 4.78 is 21.8. The third-order valence-corrected chi connectivity index (χ3v) is 7.74. The summed E-state index contributed by atoms with van der Waals surface area (Å²) in [5, 5.41) is 39.6. The number of carbonyl (C=O) groups excluding carboxylic acids is 2. The van der Waals surface area contributed by atoms with Crippen molar-refractivity contribution in [1.82, 2.24) is 0 Å². The average Bonchev–Trinajstić information content (AvgIpc) is 2.98. The maximum absolute atomic E-state index is 12.6. The van der Waals surface area contributed by atoms with Gasteiger partial charge < -0.3 is 39.4 Å². The minimum Gasteiger partial charge on any atom is -0.462 e. The Balaban J connectivity index is 2.43. The number of unbranched alkanes of at least 4 members (excludes halogenated alkanes) is 15. The van der Waals surface area contributed by atoms with Gasteiger partial charge in [0, 0.05) is 12.8 Å². The zero-order chi connectivity index (χ0) is 31.0. The highest BCUT2D eigenvalue weighted by Gasteiger charge is 2.44. The lowest BCUT2D eigenvalue weighted by Crippen LogP contribution is -2.59. The molecule has 0 unspecified atom stereocenters. The highest BCUT2D eigenvalue weighted by Crippen LogP contribution is 2.22. The fourth-order valence-electron chi connectivity index (χ4n) is 5.01. The summed E-state index contributed by atoms with van der Waals surface area (Å²) in [4.78, 5) is 24.8. The lowest BCUT2D eigenvalue weighted by Gasteiger charge is -2.39. The monoisotopic (exact) mass is 604 g/mol. The normalized spacial score (nSPS) is 23.0. The molecule has 0 aromatic heterocycles. The minimum absolute atomic E-state index is 0.213. The highest BCUT2D eigenvalue weighted by molar-refractivity contribution is 5.70. The van der Waals surface area contributed by atoms with Gasteiger partial charge in [0.15, 0.2) is 12.4 Å². The topological polar surface area (TPSA) is 152 Å². The predicted molar refractivity (Wildman–Crippen MR) is 160 cm³/mol. The average molecular weight is 605 g/mol. The Bertz CT molecular complexity index is 674. The molecule has 6 atom stereocenters. The Hall–Kier alpha value is -1.30. The van der Waals surface area contributed by atoms with E-state index >= 15 is 0 Å². The molecule has 1 heterocycles. The van der Waals surface area contributed by atoms with E-state index in [2.05, 4.69) is 13.8 Å². The molecule has 1 aliphatic heterocycles. The molecule has 4 N–H and O–H groups in total. The Morgan fingerprint density at radius 2 is 1.12 bits per heavy atom. The van der Waals surface area contributed by atoms with Crippen LogP contribution < -0.4 is 0 Å². The van der Waals surface area contributed by atoms with Crippen molar-refractivity contribution >= 4 is 11.9 Å². The van der Waals surface area contributed by atoms with Gasteiger partial charge in [-0.2, -0.15) is 0 Å². The highest BCUT2D eigenvalue weighted by atomic mass is 16.7. The number of aliphatic hydroxyl groups is 4. The largest absolute Gasteiger partial charge is 0.462 e. The Kier molecular flexibility index (Phi) is 23.1. The maximum Gasteiger partial charge on any atom is 0.306 e. The third-order valence-electron chi connectivity index (χ3n) is 7.74. The molecule has 0 spiro atoms. The van der Waals surface area contributed by atoms with Crippen LogP contribution in [0.1, 0.15) is 136 Å². The van der Waals surface area contributed by atoms with Crippen LogP contribution in [0.5, 0.6) is 0 Å². The molecule has 1 rings (SSSR count). The fourth-order valence-corrected chi connectivity index (χ4v) is 5.01. The van der Waals surface area contributed by atoms with Crippen LogP contribution in [0, 0.1) is 0 Å². The molecule has 1 aliphatic rings. The van der Waals surface area contributed by atoms with E-state index in [0.717, 1.165) is 51.4 Å². The van der Waals surface area contributed by atoms with E-state index in [9.17, 15) is 30.0 Å². The summed E-state index contributed by atoms with van der Waals surface area (Å²) >= 11 is 0. The lowest BCUT2D eigenvalue weighted by atomic mass is 9.99. The van der Waals surface area contributed by atoms with E-state index in [-0.39, 0.29) is 32.0 Å². The van der Waals surface area contributed by atoms with Crippen molar-refractivity contribution < 1.29 is 49.0 Å². The van der Waals surface area contributed by atoms with E-state index in [1.165, 1.54) is 51.4 Å². The van der Waals surface area contributed by atoms with Crippen LogP contribution in [-0.2, 0) is 28.5 Å². The van der Waals surface area contributed by atoms with Crippen molar-refractivity contribution in [2.75, 3.05) is 19.8 Å². The number of carbonyl (C=O) groups is 2. The van der Waals surface area contributed by atoms with Gasteiger partial charge in [-0.25, -0.2) is 0 Å². The second kappa shape index (κ2) is 25.1. The fraction of sp³-hybridized carbons (Fsp3) is 0.938. The molecule has 1 fully saturated rings. The van der Waals surface area contributed by atoms with E-state index in [1.807, 2.05) is 0 Å². The van der Waals surface area contributed by atoms with Crippen LogP contribution >= 0.6 is 0 Å². The van der Waals surface area contributed by atoms with E-state index in [1.54, 1.807) is 0 Å². The molecule has 0 bridgehead atoms. The molecular weight excluding hydrogens is 544 g/mol. The Labute approximate surface area is 253 Å². The van der Waals surface area contributed by atoms with Crippen molar-refractivity contribution in [1.29, 1.82) is 0 Å². The first-order chi connectivity index (χ1) is 20.3. The number of hydrogen-bond donors (Lipinski definition) is 4. The van der Waals surface area contributed by atoms with Gasteiger partial charge in [0.2, 0.25) is 0 Å². The molecule has 0 amide bonds. The summed E-state index contributed by atoms with van der Waals surface area (Å²) in [6, 6.07) is 0. The SMILES string of the molecule is CCCCCCCCCCCCCCC(=O)O[C@H](COC(=O)CCCCCCC)CO[C@@H]1O[C@H](CO)[C@H](O)[C@H](O)[C@H]1O. The second-order valence-corrected chi connectivity index (χ2v) is 11.6. The summed E-state index contributed by atoms with van der Waals surface area (Å²) in [6.45, 7) is 3.29. The molecule has 0 aromatic carbocycles. The van der Waals surface area contributed by atoms with Crippen molar-refractivity contribution in [3.8, 4) is 0 Å². The van der Waals surface area contributed by atoms with Gasteiger partial charge in [-0.3, -0.25) is 9.59 Å². The van der Waals surface area contributed by atoms with Crippen LogP contribution in [0.3, 0.4) is 0 Å². The van der Waals surface area contributed by atoms with Crippen LogP contribution in [0.2, 0.25) is 0 Å². The van der Waals surface area contributed by atoms with Crippen molar-refractivity contribution in [2.45, 2.75) is 173 Å². The van der Waals surface area contributed by atoms with Gasteiger partial charge in [-0.15, -0.1) is 0 Å². The molecular formula is C32H60O10. The molecule has 248 valence electrons. The smallest absolute Gasteiger partial charge is 0.306 e. The molecule has 1 saturated heterocycles. The van der Waals surface area contributed by atoms with Crippen LogP contribution in [0.15, 0.2) is 0 Å². The summed E-state index contributed by atoms with van der Waals surface area (Å²) in [5.74, 6) is -0.818. The molecule has 42 heavy (non-hydrogen) atoms. The van der Waals surface area contributed by atoms with Crippen LogP contribution in [0.25, 0.3) is 0 Å². The van der Waals surface area contributed by atoms with Crippen LogP contribution in [-0.4, -0.2) is 89.0 Å². The summed E-state index contributed by atoms with van der Waals surface area (Å²) in [5.41, 5.74) is 0. The van der Waals surface area contributed by atoms with Gasteiger partial charge in [0.25, 0.3) is 0 Å². The molecule has 10 heteroatoms. The molecule has 10 nitrogen and oxygen atoms in total. The quantitative estimate of drug-likeness (QED) is 0.0807. The van der Waals surface area contributed by atoms with Crippen molar-refractivity contribution in [2.24, 2.45) is 0 Å². The molecule has 0 aromatic rings. The van der Waals surface area contributed by atoms with Gasteiger partial charge in [0.05, 0.1) is 13.2 Å². The Morgan fingerprint density at radius 1 is 0.643 bits per heavy atom. The number of aliphatic hydroxyl groups excluding tert-OH is 4. The zero-order valence-corrected chi connectivity index (χ0v) is 26.3. The first-order valence-electron chi connectivity index (χ1n) is 16.6.